The van der Waals surface area contributed by atoms with E-state index in [4.69, 9.17) is 10.5 Å². The van der Waals surface area contributed by atoms with Crippen molar-refractivity contribution in [3.05, 3.63) is 65.2 Å². The van der Waals surface area contributed by atoms with E-state index in [1.807, 2.05) is 50.2 Å². The van der Waals surface area contributed by atoms with Gasteiger partial charge in [-0.15, -0.1) is 0 Å². The smallest absolute Gasteiger partial charge is 0.251 e. The van der Waals surface area contributed by atoms with Gasteiger partial charge < -0.3 is 15.8 Å². The molecular weight excluding hydrogens is 276 g/mol. The van der Waals surface area contributed by atoms with Crippen LogP contribution in [-0.2, 0) is 6.54 Å². The third-order valence-corrected chi connectivity index (χ3v) is 3.47. The van der Waals surface area contributed by atoms with E-state index in [1.165, 1.54) is 0 Å². The molecule has 0 saturated carbocycles. The first kappa shape index (κ1) is 16.0. The molecule has 3 N–H and O–H groups in total. The molecule has 116 valence electrons. The minimum Gasteiger partial charge on any atom is -0.494 e. The van der Waals surface area contributed by atoms with E-state index in [-0.39, 0.29) is 11.9 Å². The van der Waals surface area contributed by atoms with Crippen LogP contribution in [-0.4, -0.2) is 12.5 Å². The lowest BCUT2D eigenvalue weighted by Crippen LogP contribution is -2.26. The summed E-state index contributed by atoms with van der Waals surface area (Å²) in [6, 6.07) is 15.0. The summed E-state index contributed by atoms with van der Waals surface area (Å²) < 4.78 is 5.49. The Labute approximate surface area is 131 Å². The third kappa shape index (κ3) is 4.09. The number of rotatable bonds is 6. The average molecular weight is 298 g/mol. The van der Waals surface area contributed by atoms with Gasteiger partial charge >= 0.3 is 0 Å². The maximum Gasteiger partial charge on any atom is 0.251 e. The SMILES string of the molecule is CCOc1cccc(C(C)NC(=O)c2ccc(CN)cc2)c1. The molecule has 0 spiro atoms. The van der Waals surface area contributed by atoms with Crippen LogP contribution in [0.3, 0.4) is 0 Å². The van der Waals surface area contributed by atoms with Crippen LogP contribution in [0.15, 0.2) is 48.5 Å². The van der Waals surface area contributed by atoms with Crippen LogP contribution < -0.4 is 15.8 Å². The van der Waals surface area contributed by atoms with Gasteiger partial charge in [-0.1, -0.05) is 24.3 Å². The highest BCUT2D eigenvalue weighted by Gasteiger charge is 2.12. The van der Waals surface area contributed by atoms with E-state index >= 15 is 0 Å². The zero-order valence-electron chi connectivity index (χ0n) is 13.0. The number of hydrogen-bond acceptors (Lipinski definition) is 3. The number of ether oxygens (including phenoxy) is 1. The van der Waals surface area contributed by atoms with Gasteiger partial charge in [0.2, 0.25) is 0 Å². The Bertz CT molecular complexity index is 623. The summed E-state index contributed by atoms with van der Waals surface area (Å²) in [7, 11) is 0. The van der Waals surface area contributed by atoms with Crippen LogP contribution >= 0.6 is 0 Å². The zero-order valence-corrected chi connectivity index (χ0v) is 13.0. The van der Waals surface area contributed by atoms with E-state index in [1.54, 1.807) is 12.1 Å². The summed E-state index contributed by atoms with van der Waals surface area (Å²) in [5, 5.41) is 2.99. The van der Waals surface area contributed by atoms with Gasteiger partial charge in [-0.3, -0.25) is 4.79 Å². The molecule has 0 aliphatic heterocycles. The standard InChI is InChI=1S/C18H22N2O2/c1-3-22-17-6-4-5-16(11-17)13(2)20-18(21)15-9-7-14(12-19)8-10-15/h4-11,13H,3,12,19H2,1-2H3,(H,20,21). The second-order valence-corrected chi connectivity index (χ2v) is 5.10. The maximum atomic E-state index is 12.3. The summed E-state index contributed by atoms with van der Waals surface area (Å²) in [5.74, 6) is 0.714. The van der Waals surface area contributed by atoms with E-state index < -0.39 is 0 Å². The lowest BCUT2D eigenvalue weighted by molar-refractivity contribution is 0.0940. The molecule has 2 aromatic rings. The number of carbonyl (C=O) groups excluding carboxylic acids is 1. The van der Waals surface area contributed by atoms with E-state index in [2.05, 4.69) is 5.32 Å². The Morgan fingerprint density at radius 3 is 2.59 bits per heavy atom. The summed E-state index contributed by atoms with van der Waals surface area (Å²) in [6.45, 7) is 5.00. The minimum absolute atomic E-state index is 0.0953. The van der Waals surface area contributed by atoms with Gasteiger partial charge in [0.1, 0.15) is 5.75 Å². The summed E-state index contributed by atoms with van der Waals surface area (Å²) >= 11 is 0. The van der Waals surface area contributed by atoms with Crippen molar-refractivity contribution in [1.29, 1.82) is 0 Å². The van der Waals surface area contributed by atoms with Crippen molar-refractivity contribution in [3.63, 3.8) is 0 Å². The predicted molar refractivity (Wildman–Crippen MR) is 87.8 cm³/mol. The van der Waals surface area contributed by atoms with Crippen molar-refractivity contribution < 1.29 is 9.53 Å². The highest BCUT2D eigenvalue weighted by Crippen LogP contribution is 2.19. The molecule has 22 heavy (non-hydrogen) atoms. The second-order valence-electron chi connectivity index (χ2n) is 5.10. The number of benzene rings is 2. The van der Waals surface area contributed by atoms with E-state index in [9.17, 15) is 4.79 Å². The molecule has 0 saturated heterocycles. The first-order chi connectivity index (χ1) is 10.6. The highest BCUT2D eigenvalue weighted by atomic mass is 16.5. The summed E-state index contributed by atoms with van der Waals surface area (Å²) in [6.07, 6.45) is 0. The molecule has 4 heteroatoms. The van der Waals surface area contributed by atoms with Gasteiger partial charge in [0.05, 0.1) is 12.6 Å². The number of amides is 1. The molecule has 4 nitrogen and oxygen atoms in total. The van der Waals surface area contributed by atoms with Gasteiger partial charge in [0, 0.05) is 12.1 Å². The first-order valence-corrected chi connectivity index (χ1v) is 7.46. The number of carbonyl (C=O) groups is 1. The lowest BCUT2D eigenvalue weighted by Gasteiger charge is -2.15. The summed E-state index contributed by atoms with van der Waals surface area (Å²) in [5.41, 5.74) is 8.21. The molecule has 1 amide bonds. The number of hydrogen-bond donors (Lipinski definition) is 2. The van der Waals surface area contributed by atoms with E-state index in [0.29, 0.717) is 18.7 Å². The molecule has 0 radical (unpaired) electrons. The van der Waals surface area contributed by atoms with Crippen molar-refractivity contribution in [3.8, 4) is 5.75 Å². The number of nitrogens with two attached hydrogens (primary N) is 1. The molecular formula is C18H22N2O2. The zero-order chi connectivity index (χ0) is 15.9. The Balaban J connectivity index is 2.05. The molecule has 2 rings (SSSR count). The van der Waals surface area contributed by atoms with Gasteiger partial charge in [-0.2, -0.15) is 0 Å². The van der Waals surface area contributed by atoms with Crippen molar-refractivity contribution in [2.45, 2.75) is 26.4 Å². The second kappa shape index (κ2) is 7.61. The molecule has 0 aromatic heterocycles. The van der Waals surface area contributed by atoms with Crippen LogP contribution in [0.5, 0.6) is 5.75 Å². The van der Waals surface area contributed by atoms with Gasteiger partial charge in [0.25, 0.3) is 5.91 Å². The maximum absolute atomic E-state index is 12.3. The molecule has 0 aliphatic rings. The minimum atomic E-state index is -0.0992. The molecule has 0 heterocycles. The quantitative estimate of drug-likeness (QED) is 0.861. The van der Waals surface area contributed by atoms with Gasteiger partial charge in [-0.05, 0) is 49.2 Å². The monoisotopic (exact) mass is 298 g/mol. The first-order valence-electron chi connectivity index (χ1n) is 7.46. The fraction of sp³-hybridized carbons (Fsp3) is 0.278. The van der Waals surface area contributed by atoms with Crippen LogP contribution in [0.1, 0.15) is 41.4 Å². The molecule has 1 unspecified atom stereocenters. The van der Waals surface area contributed by atoms with Gasteiger partial charge in [0.15, 0.2) is 0 Å². The molecule has 2 aromatic carbocycles. The van der Waals surface area contributed by atoms with E-state index in [0.717, 1.165) is 16.9 Å². The Hall–Kier alpha value is -2.33. The Morgan fingerprint density at radius 2 is 1.95 bits per heavy atom. The Morgan fingerprint density at radius 1 is 1.23 bits per heavy atom. The fourth-order valence-electron chi connectivity index (χ4n) is 2.20. The normalized spacial score (nSPS) is 11.8. The highest BCUT2D eigenvalue weighted by molar-refractivity contribution is 5.94. The lowest BCUT2D eigenvalue weighted by atomic mass is 10.1. The largest absolute Gasteiger partial charge is 0.494 e. The third-order valence-electron chi connectivity index (χ3n) is 3.47. The van der Waals surface area contributed by atoms with Crippen molar-refractivity contribution in [2.24, 2.45) is 5.73 Å². The average Bonchev–Trinajstić information content (AvgIpc) is 2.55. The van der Waals surface area contributed by atoms with Crippen LogP contribution in [0.25, 0.3) is 0 Å². The van der Waals surface area contributed by atoms with Gasteiger partial charge in [-0.25, -0.2) is 0 Å². The fourth-order valence-corrected chi connectivity index (χ4v) is 2.20. The number of nitrogens with one attached hydrogen (secondary N) is 1. The molecule has 1 atom stereocenters. The van der Waals surface area contributed by atoms with Crippen LogP contribution in [0.2, 0.25) is 0 Å². The molecule has 0 aliphatic carbocycles. The summed E-state index contributed by atoms with van der Waals surface area (Å²) in [4.78, 5) is 12.3. The topological polar surface area (TPSA) is 64.3 Å². The predicted octanol–water partition coefficient (Wildman–Crippen LogP) is 3.04. The molecule has 0 fully saturated rings. The van der Waals surface area contributed by atoms with Crippen molar-refractivity contribution in [1.82, 2.24) is 5.32 Å². The molecule has 0 bridgehead atoms. The van der Waals surface area contributed by atoms with Crippen molar-refractivity contribution in [2.75, 3.05) is 6.61 Å². The van der Waals surface area contributed by atoms with Crippen LogP contribution in [0, 0.1) is 0 Å². The van der Waals surface area contributed by atoms with Crippen LogP contribution in [0.4, 0.5) is 0 Å². The van der Waals surface area contributed by atoms with Crippen molar-refractivity contribution >= 4 is 5.91 Å². The Kier molecular flexibility index (Phi) is 5.55.